The second kappa shape index (κ2) is 8.67. The molecule has 150 valence electrons. The van der Waals surface area contributed by atoms with E-state index in [1.807, 2.05) is 45.0 Å². The molecule has 0 spiro atoms. The van der Waals surface area contributed by atoms with Gasteiger partial charge in [0.25, 0.3) is 0 Å². The van der Waals surface area contributed by atoms with E-state index in [0.29, 0.717) is 32.8 Å². The zero-order valence-electron chi connectivity index (χ0n) is 16.3. The minimum absolute atomic E-state index is 0.0153. The van der Waals surface area contributed by atoms with E-state index in [-0.39, 0.29) is 18.2 Å². The maximum atomic E-state index is 12.2. The molecule has 0 saturated carbocycles. The summed E-state index contributed by atoms with van der Waals surface area (Å²) in [6, 6.07) is 7.97. The van der Waals surface area contributed by atoms with Gasteiger partial charge in [-0.25, -0.2) is 9.21 Å². The minimum atomic E-state index is -0.473. The Labute approximate surface area is 166 Å². The van der Waals surface area contributed by atoms with Crippen LogP contribution in [0.3, 0.4) is 0 Å². The van der Waals surface area contributed by atoms with Crippen molar-refractivity contribution in [1.82, 2.24) is 9.32 Å². The monoisotopic (exact) mass is 396 g/mol. The second-order valence-corrected chi connectivity index (χ2v) is 8.47. The van der Waals surface area contributed by atoms with Crippen molar-refractivity contribution in [1.29, 1.82) is 0 Å². The van der Waals surface area contributed by atoms with E-state index in [4.69, 9.17) is 26.0 Å². The first-order valence-electron chi connectivity index (χ1n) is 9.57. The molecule has 7 heteroatoms. The van der Waals surface area contributed by atoms with E-state index in [2.05, 4.69) is 0 Å². The number of hydrogen-bond acceptors (Lipinski definition) is 5. The average molecular weight is 397 g/mol. The summed E-state index contributed by atoms with van der Waals surface area (Å²) in [7, 11) is 0. The predicted molar refractivity (Wildman–Crippen MR) is 104 cm³/mol. The number of likely N-dealkylation sites (tertiary alicyclic amines) is 1. The van der Waals surface area contributed by atoms with E-state index in [9.17, 15) is 4.79 Å². The van der Waals surface area contributed by atoms with Crippen LogP contribution in [0.5, 0.6) is 5.75 Å². The number of morpholine rings is 1. The molecule has 2 aliphatic heterocycles. The lowest BCUT2D eigenvalue weighted by Crippen LogP contribution is -2.44. The topological polar surface area (TPSA) is 51.2 Å². The van der Waals surface area contributed by atoms with Gasteiger partial charge in [-0.2, -0.15) is 0 Å². The first-order chi connectivity index (χ1) is 12.8. The Hall–Kier alpha value is -1.50. The lowest BCUT2D eigenvalue weighted by molar-refractivity contribution is 0.0116. The summed E-state index contributed by atoms with van der Waals surface area (Å²) in [5, 5.41) is 0. The third kappa shape index (κ3) is 5.50. The average Bonchev–Trinajstić information content (AvgIpc) is 2.62. The molecule has 2 fully saturated rings. The third-order valence-corrected chi connectivity index (χ3v) is 5.13. The van der Waals surface area contributed by atoms with Gasteiger partial charge in [0.2, 0.25) is 0 Å². The van der Waals surface area contributed by atoms with Gasteiger partial charge in [-0.05, 0) is 38.6 Å². The van der Waals surface area contributed by atoms with Crippen molar-refractivity contribution in [3.05, 3.63) is 29.8 Å². The van der Waals surface area contributed by atoms with Gasteiger partial charge in [0.1, 0.15) is 17.5 Å². The van der Waals surface area contributed by atoms with Crippen molar-refractivity contribution in [3.63, 3.8) is 0 Å². The molecule has 1 aromatic carbocycles. The van der Waals surface area contributed by atoms with E-state index < -0.39 is 5.60 Å². The van der Waals surface area contributed by atoms with Crippen LogP contribution in [-0.2, 0) is 9.47 Å². The van der Waals surface area contributed by atoms with E-state index in [0.717, 1.165) is 24.2 Å². The minimum Gasteiger partial charge on any atom is -0.490 e. The van der Waals surface area contributed by atoms with Crippen molar-refractivity contribution in [3.8, 4) is 5.75 Å². The van der Waals surface area contributed by atoms with Crippen LogP contribution in [0.4, 0.5) is 4.79 Å². The Balaban J connectivity index is 1.59. The zero-order chi connectivity index (χ0) is 19.4. The van der Waals surface area contributed by atoms with Crippen molar-refractivity contribution in [2.75, 3.05) is 32.8 Å². The molecule has 0 radical (unpaired) electrons. The number of halogens is 1. The van der Waals surface area contributed by atoms with Crippen LogP contribution in [0, 0.1) is 0 Å². The predicted octanol–water partition coefficient (Wildman–Crippen LogP) is 3.99. The summed E-state index contributed by atoms with van der Waals surface area (Å²) in [4.78, 5) is 14.0. The Morgan fingerprint density at radius 1 is 1.19 bits per heavy atom. The summed E-state index contributed by atoms with van der Waals surface area (Å²) < 4.78 is 19.1. The molecular weight excluding hydrogens is 368 g/mol. The molecule has 1 aromatic rings. The number of carbonyl (C=O) groups is 1. The molecule has 0 N–H and O–H groups in total. The molecule has 1 atom stereocenters. The van der Waals surface area contributed by atoms with Crippen LogP contribution in [0.15, 0.2) is 24.3 Å². The summed E-state index contributed by atoms with van der Waals surface area (Å²) in [5.74, 6) is 0.842. The maximum absolute atomic E-state index is 12.2. The number of benzene rings is 1. The fraction of sp³-hybridized carbons (Fsp3) is 0.650. The fourth-order valence-corrected chi connectivity index (χ4v) is 3.58. The van der Waals surface area contributed by atoms with Gasteiger partial charge in [0, 0.05) is 38.0 Å². The lowest BCUT2D eigenvalue weighted by Gasteiger charge is -2.35. The van der Waals surface area contributed by atoms with Crippen molar-refractivity contribution >= 4 is 17.9 Å². The van der Waals surface area contributed by atoms with Crippen LogP contribution in [-0.4, -0.2) is 60.0 Å². The molecule has 6 nitrogen and oxygen atoms in total. The standard InChI is InChI=1S/C20H29ClN2O4/c1-20(2,3)27-19(24)22-10-8-15(9-11-22)26-18-7-5-4-6-16(18)17-14-25-13-12-23(17)21/h4-7,15,17H,8-14H2,1-3H3. The van der Waals surface area contributed by atoms with Crippen molar-refractivity contribution in [2.45, 2.75) is 51.4 Å². The molecule has 0 bridgehead atoms. The summed E-state index contributed by atoms with van der Waals surface area (Å²) >= 11 is 6.38. The SMILES string of the molecule is CC(C)(C)OC(=O)N1CCC(Oc2ccccc2C2COCCN2Cl)CC1. The molecule has 1 unspecified atom stereocenters. The number of carbonyl (C=O) groups excluding carboxylic acids is 1. The fourth-order valence-electron chi connectivity index (χ4n) is 3.35. The lowest BCUT2D eigenvalue weighted by atomic mass is 10.0. The smallest absolute Gasteiger partial charge is 0.410 e. The van der Waals surface area contributed by atoms with Crippen molar-refractivity contribution in [2.24, 2.45) is 0 Å². The number of hydrogen-bond donors (Lipinski definition) is 0. The number of ether oxygens (including phenoxy) is 3. The van der Waals surface area contributed by atoms with Crippen LogP contribution >= 0.6 is 11.8 Å². The molecule has 3 rings (SSSR count). The van der Waals surface area contributed by atoms with Crippen LogP contribution in [0.1, 0.15) is 45.2 Å². The highest BCUT2D eigenvalue weighted by atomic mass is 35.5. The Morgan fingerprint density at radius 3 is 2.56 bits per heavy atom. The number of para-hydroxylation sites is 1. The van der Waals surface area contributed by atoms with E-state index in [1.165, 1.54) is 0 Å². The summed E-state index contributed by atoms with van der Waals surface area (Å²) in [6.07, 6.45) is 1.37. The van der Waals surface area contributed by atoms with Crippen LogP contribution in [0.2, 0.25) is 0 Å². The highest BCUT2D eigenvalue weighted by Crippen LogP contribution is 2.34. The zero-order valence-corrected chi connectivity index (χ0v) is 17.1. The highest BCUT2D eigenvalue weighted by Gasteiger charge is 2.30. The first-order valence-corrected chi connectivity index (χ1v) is 9.91. The quantitative estimate of drug-likeness (QED) is 0.723. The molecule has 2 aliphatic rings. The normalized spacial score (nSPS) is 22.5. The van der Waals surface area contributed by atoms with Gasteiger partial charge < -0.3 is 19.1 Å². The molecule has 2 saturated heterocycles. The molecule has 0 aromatic heterocycles. The molecule has 2 heterocycles. The number of nitrogens with zero attached hydrogens (tertiary/aromatic N) is 2. The van der Waals surface area contributed by atoms with E-state index >= 15 is 0 Å². The number of rotatable bonds is 3. The van der Waals surface area contributed by atoms with Crippen LogP contribution in [0.25, 0.3) is 0 Å². The van der Waals surface area contributed by atoms with Crippen molar-refractivity contribution < 1.29 is 19.0 Å². The van der Waals surface area contributed by atoms with Gasteiger partial charge in [-0.3, -0.25) is 0 Å². The molecule has 1 amide bonds. The summed E-state index contributed by atoms with van der Waals surface area (Å²) in [5.41, 5.74) is 0.570. The second-order valence-electron chi connectivity index (χ2n) is 8.04. The van der Waals surface area contributed by atoms with Gasteiger partial charge in [0.15, 0.2) is 0 Å². The Morgan fingerprint density at radius 2 is 1.89 bits per heavy atom. The maximum Gasteiger partial charge on any atom is 0.410 e. The summed E-state index contributed by atoms with van der Waals surface area (Å²) in [6.45, 7) is 8.81. The van der Waals surface area contributed by atoms with Gasteiger partial charge in [0.05, 0.1) is 19.3 Å². The Bertz CT molecular complexity index is 641. The Kier molecular flexibility index (Phi) is 6.50. The number of piperidine rings is 1. The first kappa shape index (κ1) is 20.2. The van der Waals surface area contributed by atoms with Gasteiger partial charge >= 0.3 is 6.09 Å². The van der Waals surface area contributed by atoms with Gasteiger partial charge in [-0.1, -0.05) is 18.2 Å². The van der Waals surface area contributed by atoms with Gasteiger partial charge in [-0.15, -0.1) is 0 Å². The molecule has 27 heavy (non-hydrogen) atoms. The largest absolute Gasteiger partial charge is 0.490 e. The number of amides is 1. The van der Waals surface area contributed by atoms with Crippen LogP contribution < -0.4 is 4.74 Å². The molecular formula is C20H29ClN2O4. The van der Waals surface area contributed by atoms with E-state index in [1.54, 1.807) is 9.32 Å². The third-order valence-electron chi connectivity index (χ3n) is 4.73. The highest BCUT2D eigenvalue weighted by molar-refractivity contribution is 6.13. The molecule has 0 aliphatic carbocycles.